The zero-order valence-electron chi connectivity index (χ0n) is 9.84. The molecule has 0 heterocycles. The Hall–Kier alpha value is -2.26. The van der Waals surface area contributed by atoms with E-state index in [0.29, 0.717) is 11.5 Å². The van der Waals surface area contributed by atoms with E-state index in [1.165, 1.54) is 0 Å². The Morgan fingerprint density at radius 3 is 3.00 bits per heavy atom. The van der Waals surface area contributed by atoms with Crippen molar-refractivity contribution in [3.63, 3.8) is 0 Å². The molecule has 0 unspecified atom stereocenters. The van der Waals surface area contributed by atoms with E-state index in [1.807, 2.05) is 6.07 Å². The van der Waals surface area contributed by atoms with Crippen LogP contribution in [0.25, 0.3) is 0 Å². The summed E-state index contributed by atoms with van der Waals surface area (Å²) < 4.78 is 10.5. The fraction of sp³-hybridized carbons (Fsp3) is 0.167. The van der Waals surface area contributed by atoms with E-state index in [1.54, 1.807) is 25.5 Å². The molecule has 3 N–H and O–H groups in total. The predicted molar refractivity (Wildman–Crippen MR) is 74.8 cm³/mol. The number of terminal acetylenes is 1. The Balaban J connectivity index is 2.85. The standard InChI is InChI=1S/C12H13N3O2S/c1-3-6-17-11-7-9(4-5-10(11)16-2)8-14-15-12(13)18/h1,4-5,7-8H,6H2,2H3,(H3,13,15,18). The van der Waals surface area contributed by atoms with Crippen LogP contribution in [0.4, 0.5) is 0 Å². The maximum atomic E-state index is 5.35. The van der Waals surface area contributed by atoms with Crippen LogP contribution in [0, 0.1) is 12.3 Å². The summed E-state index contributed by atoms with van der Waals surface area (Å²) in [6.07, 6.45) is 6.70. The molecule has 0 aliphatic carbocycles. The lowest BCUT2D eigenvalue weighted by Crippen LogP contribution is -2.23. The number of hydrogen-bond donors (Lipinski definition) is 2. The fourth-order valence-electron chi connectivity index (χ4n) is 1.18. The third kappa shape index (κ3) is 4.31. The van der Waals surface area contributed by atoms with Crippen LogP contribution in [-0.4, -0.2) is 25.0 Å². The van der Waals surface area contributed by atoms with Gasteiger partial charge in [-0.05, 0) is 36.0 Å². The van der Waals surface area contributed by atoms with Crippen LogP contribution >= 0.6 is 12.2 Å². The number of hydrogen-bond acceptors (Lipinski definition) is 4. The third-order valence-corrected chi connectivity index (χ3v) is 1.98. The lowest BCUT2D eigenvalue weighted by molar-refractivity contribution is 0.331. The minimum Gasteiger partial charge on any atom is -0.493 e. The first-order valence-corrected chi connectivity index (χ1v) is 5.41. The average molecular weight is 263 g/mol. The zero-order valence-corrected chi connectivity index (χ0v) is 10.7. The van der Waals surface area contributed by atoms with Crippen LogP contribution in [-0.2, 0) is 0 Å². The van der Waals surface area contributed by atoms with Gasteiger partial charge in [0.15, 0.2) is 16.6 Å². The van der Waals surface area contributed by atoms with Crippen molar-refractivity contribution < 1.29 is 9.47 Å². The lowest BCUT2D eigenvalue weighted by atomic mass is 10.2. The number of rotatable bonds is 5. The van der Waals surface area contributed by atoms with Crippen molar-refractivity contribution in [2.75, 3.05) is 13.7 Å². The molecule has 0 saturated heterocycles. The van der Waals surface area contributed by atoms with E-state index >= 15 is 0 Å². The summed E-state index contributed by atoms with van der Waals surface area (Å²) in [4.78, 5) is 0. The van der Waals surface area contributed by atoms with Gasteiger partial charge in [0.1, 0.15) is 6.61 Å². The van der Waals surface area contributed by atoms with Crippen molar-refractivity contribution in [2.45, 2.75) is 0 Å². The molecular formula is C12H13N3O2S. The zero-order chi connectivity index (χ0) is 13.4. The Labute approximate surface area is 111 Å². The highest BCUT2D eigenvalue weighted by Crippen LogP contribution is 2.27. The third-order valence-electron chi connectivity index (χ3n) is 1.89. The first kappa shape index (κ1) is 13.8. The van der Waals surface area contributed by atoms with Crippen LogP contribution in [0.15, 0.2) is 23.3 Å². The topological polar surface area (TPSA) is 68.9 Å². The Kier molecular flexibility index (Phi) is 5.48. The molecule has 94 valence electrons. The second-order valence-corrected chi connectivity index (χ2v) is 3.58. The van der Waals surface area contributed by atoms with Crippen LogP contribution in [0.5, 0.6) is 11.5 Å². The van der Waals surface area contributed by atoms with E-state index < -0.39 is 0 Å². The Morgan fingerprint density at radius 2 is 2.39 bits per heavy atom. The molecule has 0 spiro atoms. The second kappa shape index (κ2) is 7.14. The van der Waals surface area contributed by atoms with Gasteiger partial charge in [-0.1, -0.05) is 5.92 Å². The van der Waals surface area contributed by atoms with E-state index in [-0.39, 0.29) is 11.7 Å². The highest BCUT2D eigenvalue weighted by Gasteiger charge is 2.04. The van der Waals surface area contributed by atoms with E-state index in [2.05, 4.69) is 28.7 Å². The number of nitrogens with zero attached hydrogens (tertiary/aromatic N) is 1. The van der Waals surface area contributed by atoms with E-state index in [0.717, 1.165) is 5.56 Å². The first-order chi connectivity index (χ1) is 8.67. The fourth-order valence-corrected chi connectivity index (χ4v) is 1.23. The molecular weight excluding hydrogens is 250 g/mol. The maximum Gasteiger partial charge on any atom is 0.184 e. The molecule has 6 heteroatoms. The normalized spacial score (nSPS) is 9.78. The molecule has 5 nitrogen and oxygen atoms in total. The minimum absolute atomic E-state index is 0.101. The molecule has 1 aromatic carbocycles. The summed E-state index contributed by atoms with van der Waals surface area (Å²) in [5, 5.41) is 3.94. The SMILES string of the molecule is C#CCOc1cc(C=NNC(N)=S)ccc1OC. The van der Waals surface area contributed by atoms with Gasteiger partial charge in [-0.2, -0.15) is 5.10 Å². The molecule has 0 fully saturated rings. The van der Waals surface area contributed by atoms with Crippen LogP contribution in [0.3, 0.4) is 0 Å². The minimum atomic E-state index is 0.101. The quantitative estimate of drug-likeness (QED) is 0.357. The number of hydrazone groups is 1. The van der Waals surface area contributed by atoms with Gasteiger partial charge in [0.05, 0.1) is 13.3 Å². The average Bonchev–Trinajstić information content (AvgIpc) is 2.36. The summed E-state index contributed by atoms with van der Waals surface area (Å²) in [6.45, 7) is 0.169. The largest absolute Gasteiger partial charge is 0.493 e. The highest BCUT2D eigenvalue weighted by atomic mass is 32.1. The van der Waals surface area contributed by atoms with Crippen molar-refractivity contribution in [1.82, 2.24) is 5.43 Å². The van der Waals surface area contributed by atoms with Crippen molar-refractivity contribution in [3.8, 4) is 23.8 Å². The lowest BCUT2D eigenvalue weighted by Gasteiger charge is -2.09. The number of thiocarbonyl (C=S) groups is 1. The van der Waals surface area contributed by atoms with Crippen molar-refractivity contribution in [3.05, 3.63) is 23.8 Å². The highest BCUT2D eigenvalue weighted by molar-refractivity contribution is 7.80. The molecule has 1 aromatic rings. The Bertz CT molecular complexity index is 495. The monoisotopic (exact) mass is 263 g/mol. The van der Waals surface area contributed by atoms with Gasteiger partial charge in [0.2, 0.25) is 0 Å². The van der Waals surface area contributed by atoms with Gasteiger partial charge in [-0.3, -0.25) is 5.43 Å². The van der Waals surface area contributed by atoms with Crippen molar-refractivity contribution >= 4 is 23.5 Å². The van der Waals surface area contributed by atoms with E-state index in [4.69, 9.17) is 21.6 Å². The number of nitrogens with one attached hydrogen (secondary N) is 1. The first-order valence-electron chi connectivity index (χ1n) is 5.00. The molecule has 0 bridgehead atoms. The summed E-state index contributed by atoms with van der Waals surface area (Å²) in [5.41, 5.74) is 8.49. The van der Waals surface area contributed by atoms with Gasteiger partial charge < -0.3 is 15.2 Å². The van der Waals surface area contributed by atoms with Gasteiger partial charge >= 0.3 is 0 Å². The maximum absolute atomic E-state index is 5.35. The molecule has 0 aromatic heterocycles. The smallest absolute Gasteiger partial charge is 0.184 e. The molecule has 0 saturated carbocycles. The van der Waals surface area contributed by atoms with Crippen molar-refractivity contribution in [2.24, 2.45) is 10.8 Å². The predicted octanol–water partition coefficient (Wildman–Crippen LogP) is 0.874. The molecule has 0 radical (unpaired) electrons. The summed E-state index contributed by atoms with van der Waals surface area (Å²) in [5.74, 6) is 3.54. The van der Waals surface area contributed by atoms with Crippen LogP contribution in [0.2, 0.25) is 0 Å². The van der Waals surface area contributed by atoms with Gasteiger partial charge in [0, 0.05) is 0 Å². The van der Waals surface area contributed by atoms with Gasteiger partial charge in [-0.25, -0.2) is 0 Å². The molecule has 0 aliphatic heterocycles. The van der Waals surface area contributed by atoms with Gasteiger partial charge in [0.25, 0.3) is 0 Å². The number of ether oxygens (including phenoxy) is 2. The molecule has 0 amide bonds. The summed E-state index contributed by atoms with van der Waals surface area (Å²) >= 11 is 4.62. The van der Waals surface area contributed by atoms with Crippen LogP contribution in [0.1, 0.15) is 5.56 Å². The molecule has 18 heavy (non-hydrogen) atoms. The summed E-state index contributed by atoms with van der Waals surface area (Å²) in [6, 6.07) is 5.32. The molecule has 0 atom stereocenters. The van der Waals surface area contributed by atoms with Crippen LogP contribution < -0.4 is 20.6 Å². The summed E-state index contributed by atoms with van der Waals surface area (Å²) in [7, 11) is 1.56. The van der Waals surface area contributed by atoms with Crippen molar-refractivity contribution in [1.29, 1.82) is 0 Å². The molecule has 0 aliphatic rings. The van der Waals surface area contributed by atoms with Gasteiger partial charge in [-0.15, -0.1) is 6.42 Å². The molecule has 1 rings (SSSR count). The Morgan fingerprint density at radius 1 is 1.61 bits per heavy atom. The number of nitrogens with two attached hydrogens (primary N) is 1. The number of benzene rings is 1. The number of methoxy groups -OCH3 is 1. The second-order valence-electron chi connectivity index (χ2n) is 3.14. The van der Waals surface area contributed by atoms with E-state index in [9.17, 15) is 0 Å².